The molecule has 2 nitrogen and oxygen atoms in total. The molecule has 0 amide bonds. The number of aromatic nitrogens is 2. The van der Waals surface area contributed by atoms with Crippen LogP contribution in [-0.2, 0) is 6.42 Å². The molecule has 1 N–H and O–H groups in total. The molecule has 0 saturated carbocycles. The van der Waals surface area contributed by atoms with Gasteiger partial charge in [0.1, 0.15) is 0 Å². The van der Waals surface area contributed by atoms with E-state index in [1.165, 1.54) is 5.56 Å². The first kappa shape index (κ1) is 10.4. The lowest BCUT2D eigenvalue weighted by Gasteiger charge is -1.91. The van der Waals surface area contributed by atoms with Crippen molar-refractivity contribution in [2.24, 2.45) is 0 Å². The topological polar surface area (TPSA) is 28.7 Å². The fraction of sp³-hybridized carbons (Fsp3) is 0.222. The minimum absolute atomic E-state index is 0. The second kappa shape index (κ2) is 4.49. The Morgan fingerprint density at radius 1 is 1.46 bits per heavy atom. The predicted molar refractivity (Wildman–Crippen MR) is 57.8 cm³/mol. The number of H-pyrrole nitrogens is 1. The van der Waals surface area contributed by atoms with E-state index in [9.17, 15) is 0 Å². The van der Waals surface area contributed by atoms with Crippen LogP contribution in [0.3, 0.4) is 0 Å². The summed E-state index contributed by atoms with van der Waals surface area (Å²) in [5, 5.41) is 0. The molecule has 0 saturated heterocycles. The Hall–Kier alpha value is -0.730. The van der Waals surface area contributed by atoms with E-state index in [4.69, 9.17) is 11.6 Å². The van der Waals surface area contributed by atoms with E-state index in [1.807, 2.05) is 18.3 Å². The lowest BCUT2D eigenvalue weighted by atomic mass is 10.2. The van der Waals surface area contributed by atoms with Crippen molar-refractivity contribution in [2.45, 2.75) is 6.42 Å². The van der Waals surface area contributed by atoms with Gasteiger partial charge in [-0.2, -0.15) is 0 Å². The summed E-state index contributed by atoms with van der Waals surface area (Å²) in [7, 11) is 0. The number of fused-ring (bicyclic) bond motifs is 1. The van der Waals surface area contributed by atoms with Crippen molar-refractivity contribution in [1.82, 2.24) is 9.97 Å². The number of hydrogen-bond donors (Lipinski definition) is 1. The van der Waals surface area contributed by atoms with Crippen LogP contribution in [0.1, 0.15) is 5.56 Å². The van der Waals surface area contributed by atoms with Crippen molar-refractivity contribution in [3.63, 3.8) is 0 Å². The van der Waals surface area contributed by atoms with E-state index < -0.39 is 0 Å². The molecule has 4 heteroatoms. The van der Waals surface area contributed by atoms with E-state index in [-0.39, 0.29) is 12.4 Å². The lowest BCUT2D eigenvalue weighted by molar-refractivity contribution is 1.15. The van der Waals surface area contributed by atoms with Crippen LogP contribution in [0.25, 0.3) is 11.0 Å². The SMILES string of the molecule is Cl.ClCCc1c[nH]c2cccnc12. The molecule has 13 heavy (non-hydrogen) atoms. The number of rotatable bonds is 2. The smallest absolute Gasteiger partial charge is 0.0911 e. The molecule has 70 valence electrons. The fourth-order valence-corrected chi connectivity index (χ4v) is 1.51. The van der Waals surface area contributed by atoms with Gasteiger partial charge < -0.3 is 4.98 Å². The summed E-state index contributed by atoms with van der Waals surface area (Å²) in [5.41, 5.74) is 3.32. The maximum absolute atomic E-state index is 5.65. The van der Waals surface area contributed by atoms with Gasteiger partial charge in [-0.15, -0.1) is 24.0 Å². The minimum Gasteiger partial charge on any atom is -0.360 e. The van der Waals surface area contributed by atoms with Gasteiger partial charge in [-0.25, -0.2) is 0 Å². The Morgan fingerprint density at radius 2 is 2.31 bits per heavy atom. The third kappa shape index (κ3) is 1.95. The first-order chi connectivity index (χ1) is 5.92. The van der Waals surface area contributed by atoms with E-state index in [1.54, 1.807) is 6.20 Å². The highest BCUT2D eigenvalue weighted by atomic mass is 35.5. The highest BCUT2D eigenvalue weighted by Gasteiger charge is 2.01. The molecule has 0 aliphatic heterocycles. The average Bonchev–Trinajstić information content (AvgIpc) is 2.50. The summed E-state index contributed by atoms with van der Waals surface area (Å²) in [6.07, 6.45) is 4.65. The molecule has 2 rings (SSSR count). The first-order valence-electron chi connectivity index (χ1n) is 3.89. The van der Waals surface area contributed by atoms with Crippen LogP contribution in [0.4, 0.5) is 0 Å². The van der Waals surface area contributed by atoms with E-state index in [0.717, 1.165) is 17.5 Å². The quantitative estimate of drug-likeness (QED) is 0.769. The van der Waals surface area contributed by atoms with E-state index in [2.05, 4.69) is 9.97 Å². The van der Waals surface area contributed by atoms with E-state index in [0.29, 0.717) is 5.88 Å². The third-order valence-electron chi connectivity index (χ3n) is 1.88. The number of nitrogens with zero attached hydrogens (tertiary/aromatic N) is 1. The molecule has 0 bridgehead atoms. The number of halogens is 2. The van der Waals surface area contributed by atoms with Crippen LogP contribution in [-0.4, -0.2) is 15.8 Å². The predicted octanol–water partition coefficient (Wildman–Crippen LogP) is 2.77. The molecule has 2 heterocycles. The number of aromatic amines is 1. The second-order valence-corrected chi connectivity index (χ2v) is 3.03. The molecule has 0 radical (unpaired) electrons. The van der Waals surface area contributed by atoms with Gasteiger partial charge in [-0.3, -0.25) is 4.98 Å². The summed E-state index contributed by atoms with van der Waals surface area (Å²) in [5.74, 6) is 0.642. The second-order valence-electron chi connectivity index (χ2n) is 2.65. The first-order valence-corrected chi connectivity index (χ1v) is 4.42. The largest absolute Gasteiger partial charge is 0.360 e. The number of nitrogens with one attached hydrogen (secondary N) is 1. The molecule has 0 aliphatic rings. The molecular weight excluding hydrogens is 207 g/mol. The summed E-state index contributed by atoms with van der Waals surface area (Å²) in [4.78, 5) is 7.42. The standard InChI is InChI=1S/C9H9ClN2.ClH/c10-4-3-7-6-12-8-2-1-5-11-9(7)8;/h1-2,5-6,12H,3-4H2;1H. The average molecular weight is 217 g/mol. The van der Waals surface area contributed by atoms with Gasteiger partial charge in [-0.1, -0.05) is 0 Å². The summed E-state index contributed by atoms with van der Waals surface area (Å²) in [6, 6.07) is 3.93. The lowest BCUT2D eigenvalue weighted by Crippen LogP contribution is -1.84. The van der Waals surface area contributed by atoms with Crippen LogP contribution in [0.2, 0.25) is 0 Å². The molecule has 0 unspecified atom stereocenters. The van der Waals surface area contributed by atoms with Crippen molar-refractivity contribution in [3.8, 4) is 0 Å². The summed E-state index contributed by atoms with van der Waals surface area (Å²) in [6.45, 7) is 0. The highest BCUT2D eigenvalue weighted by Crippen LogP contribution is 2.15. The van der Waals surface area contributed by atoms with Crippen LogP contribution in [0, 0.1) is 0 Å². The molecule has 0 spiro atoms. The number of hydrogen-bond acceptors (Lipinski definition) is 1. The fourth-order valence-electron chi connectivity index (χ4n) is 1.30. The number of aryl methyl sites for hydroxylation is 1. The number of pyridine rings is 1. The Kier molecular flexibility index (Phi) is 3.58. The molecule has 0 aromatic carbocycles. The van der Waals surface area contributed by atoms with Crippen molar-refractivity contribution < 1.29 is 0 Å². The molecule has 2 aromatic heterocycles. The van der Waals surface area contributed by atoms with Crippen molar-refractivity contribution in [3.05, 3.63) is 30.1 Å². The zero-order valence-corrected chi connectivity index (χ0v) is 8.53. The summed E-state index contributed by atoms with van der Waals surface area (Å²) >= 11 is 5.65. The zero-order valence-electron chi connectivity index (χ0n) is 6.96. The Morgan fingerprint density at radius 3 is 3.08 bits per heavy atom. The van der Waals surface area contributed by atoms with Gasteiger partial charge in [0.05, 0.1) is 11.0 Å². The molecule has 0 atom stereocenters. The maximum Gasteiger partial charge on any atom is 0.0911 e. The van der Waals surface area contributed by atoms with Gasteiger partial charge in [0.2, 0.25) is 0 Å². The van der Waals surface area contributed by atoms with Crippen LogP contribution in [0.15, 0.2) is 24.5 Å². The van der Waals surface area contributed by atoms with Crippen molar-refractivity contribution in [2.75, 3.05) is 5.88 Å². The van der Waals surface area contributed by atoms with Crippen molar-refractivity contribution in [1.29, 1.82) is 0 Å². The third-order valence-corrected chi connectivity index (χ3v) is 2.07. The van der Waals surface area contributed by atoms with Crippen LogP contribution in [0.5, 0.6) is 0 Å². The molecule has 0 fully saturated rings. The van der Waals surface area contributed by atoms with Crippen LogP contribution >= 0.6 is 24.0 Å². The molecule has 2 aromatic rings. The van der Waals surface area contributed by atoms with Gasteiger partial charge in [0.25, 0.3) is 0 Å². The monoisotopic (exact) mass is 216 g/mol. The zero-order chi connectivity index (χ0) is 8.39. The van der Waals surface area contributed by atoms with Gasteiger partial charge in [0.15, 0.2) is 0 Å². The van der Waals surface area contributed by atoms with Gasteiger partial charge in [-0.05, 0) is 24.1 Å². The Balaban J connectivity index is 0.000000845. The van der Waals surface area contributed by atoms with E-state index >= 15 is 0 Å². The van der Waals surface area contributed by atoms with Gasteiger partial charge in [0, 0.05) is 18.3 Å². The normalized spacial score (nSPS) is 9.92. The maximum atomic E-state index is 5.65. The molecular formula is C9H10Cl2N2. The summed E-state index contributed by atoms with van der Waals surface area (Å²) < 4.78 is 0. The number of alkyl halides is 1. The Bertz CT molecular complexity index is 384. The minimum atomic E-state index is 0. The van der Waals surface area contributed by atoms with Crippen molar-refractivity contribution >= 4 is 35.0 Å². The van der Waals surface area contributed by atoms with Crippen LogP contribution < -0.4 is 0 Å². The highest BCUT2D eigenvalue weighted by molar-refractivity contribution is 6.18. The molecule has 0 aliphatic carbocycles. The van der Waals surface area contributed by atoms with Gasteiger partial charge >= 0.3 is 0 Å². The Labute approximate surface area is 87.7 Å².